The minimum atomic E-state index is -0.371. The summed E-state index contributed by atoms with van der Waals surface area (Å²) in [6.07, 6.45) is 6.45. The highest BCUT2D eigenvalue weighted by Crippen LogP contribution is 2.52. The zero-order chi connectivity index (χ0) is 9.05. The first-order valence-corrected chi connectivity index (χ1v) is 5.13. The average molecular weight is 178 g/mol. The maximum Gasteiger partial charge on any atom is 0.187 e. The minimum absolute atomic E-state index is 0.237. The van der Waals surface area contributed by atoms with Crippen LogP contribution in [-0.2, 0) is 9.53 Å². The average Bonchev–Trinajstić information content (AvgIpc) is 2.54. The van der Waals surface area contributed by atoms with Crippen LogP contribution in [0.5, 0.6) is 0 Å². The van der Waals surface area contributed by atoms with Gasteiger partial charge in [-0.1, -0.05) is 0 Å². The van der Waals surface area contributed by atoms with E-state index in [4.69, 9.17) is 4.74 Å². The van der Waals surface area contributed by atoms with Crippen molar-refractivity contribution in [1.82, 2.24) is 0 Å². The molecule has 70 valence electrons. The molecule has 2 heteroatoms. The van der Waals surface area contributed by atoms with E-state index in [1.54, 1.807) is 0 Å². The SMILES string of the molecule is CC1=CC(=O)[C@]23CCC[C@H]2C[C@H]1O3. The van der Waals surface area contributed by atoms with Gasteiger partial charge >= 0.3 is 0 Å². The smallest absolute Gasteiger partial charge is 0.187 e. The van der Waals surface area contributed by atoms with Crippen LogP contribution in [0.1, 0.15) is 32.6 Å². The topological polar surface area (TPSA) is 26.3 Å². The highest BCUT2D eigenvalue weighted by molar-refractivity contribution is 5.99. The minimum Gasteiger partial charge on any atom is -0.359 e. The molecule has 3 aliphatic rings. The molecule has 2 nitrogen and oxygen atoms in total. The second-order valence-electron chi connectivity index (χ2n) is 4.57. The van der Waals surface area contributed by atoms with Gasteiger partial charge in [0.15, 0.2) is 5.78 Å². The summed E-state index contributed by atoms with van der Waals surface area (Å²) in [4.78, 5) is 11.9. The van der Waals surface area contributed by atoms with Gasteiger partial charge in [0.25, 0.3) is 0 Å². The van der Waals surface area contributed by atoms with Gasteiger partial charge in [-0.25, -0.2) is 0 Å². The van der Waals surface area contributed by atoms with Crippen molar-refractivity contribution in [2.24, 2.45) is 5.92 Å². The summed E-state index contributed by atoms with van der Waals surface area (Å²) >= 11 is 0. The van der Waals surface area contributed by atoms with Gasteiger partial charge in [-0.2, -0.15) is 0 Å². The largest absolute Gasteiger partial charge is 0.359 e. The molecule has 2 bridgehead atoms. The monoisotopic (exact) mass is 178 g/mol. The molecular formula is C11H14O2. The first-order chi connectivity index (χ1) is 6.22. The fraction of sp³-hybridized carbons (Fsp3) is 0.727. The van der Waals surface area contributed by atoms with Crippen LogP contribution in [0, 0.1) is 5.92 Å². The lowest BCUT2D eigenvalue weighted by Gasteiger charge is -2.29. The van der Waals surface area contributed by atoms with E-state index in [9.17, 15) is 4.79 Å². The third-order valence-corrected chi connectivity index (χ3v) is 3.90. The summed E-state index contributed by atoms with van der Waals surface area (Å²) in [7, 11) is 0. The fourth-order valence-corrected chi connectivity index (χ4v) is 3.16. The van der Waals surface area contributed by atoms with E-state index in [0.717, 1.165) is 24.8 Å². The van der Waals surface area contributed by atoms with Crippen molar-refractivity contribution in [1.29, 1.82) is 0 Å². The Hall–Kier alpha value is -0.630. The number of fused-ring (bicyclic) bond motifs is 1. The quantitative estimate of drug-likeness (QED) is 0.565. The molecule has 1 spiro atoms. The van der Waals surface area contributed by atoms with E-state index >= 15 is 0 Å². The Labute approximate surface area is 78.0 Å². The summed E-state index contributed by atoms with van der Waals surface area (Å²) in [5, 5.41) is 0. The van der Waals surface area contributed by atoms with Crippen LogP contribution in [0.15, 0.2) is 11.6 Å². The van der Waals surface area contributed by atoms with E-state index in [-0.39, 0.29) is 17.5 Å². The molecule has 3 rings (SSSR count). The van der Waals surface area contributed by atoms with Crippen molar-refractivity contribution in [3.63, 3.8) is 0 Å². The molecule has 2 fully saturated rings. The summed E-state index contributed by atoms with van der Waals surface area (Å²) in [6, 6.07) is 0. The number of ether oxygens (including phenoxy) is 1. The second-order valence-corrected chi connectivity index (χ2v) is 4.57. The molecule has 2 aliphatic heterocycles. The lowest BCUT2D eigenvalue weighted by atomic mass is 9.87. The molecule has 0 aromatic rings. The zero-order valence-electron chi connectivity index (χ0n) is 7.88. The molecule has 3 atom stereocenters. The Kier molecular flexibility index (Phi) is 1.33. The first kappa shape index (κ1) is 7.74. The molecule has 1 saturated heterocycles. The van der Waals surface area contributed by atoms with E-state index in [0.29, 0.717) is 5.92 Å². The van der Waals surface area contributed by atoms with Crippen LogP contribution < -0.4 is 0 Å². The predicted molar refractivity (Wildman–Crippen MR) is 48.3 cm³/mol. The standard InChI is InChI=1S/C11H14O2/c1-7-5-10(12)11-4-2-3-8(11)6-9(7)13-11/h5,8-9H,2-4,6H2,1H3/t8-,9+,11-/m0/s1. The van der Waals surface area contributed by atoms with Gasteiger partial charge in [-0.15, -0.1) is 0 Å². The molecule has 0 amide bonds. The molecule has 1 saturated carbocycles. The predicted octanol–water partition coefficient (Wildman–Crippen LogP) is 1.84. The molecule has 0 aromatic carbocycles. The Morgan fingerprint density at radius 3 is 3.31 bits per heavy atom. The van der Waals surface area contributed by atoms with Crippen LogP contribution in [0.3, 0.4) is 0 Å². The number of carbonyl (C=O) groups is 1. The van der Waals surface area contributed by atoms with Crippen molar-refractivity contribution in [3.8, 4) is 0 Å². The van der Waals surface area contributed by atoms with Crippen LogP contribution in [0.4, 0.5) is 0 Å². The highest BCUT2D eigenvalue weighted by Gasteiger charge is 2.57. The lowest BCUT2D eigenvalue weighted by molar-refractivity contribution is -0.140. The third-order valence-electron chi connectivity index (χ3n) is 3.90. The summed E-state index contributed by atoms with van der Waals surface area (Å²) in [6.45, 7) is 2.01. The van der Waals surface area contributed by atoms with Crippen LogP contribution in [0.25, 0.3) is 0 Å². The normalized spacial score (nSPS) is 47.8. The third kappa shape index (κ3) is 0.798. The molecular weight excluding hydrogens is 164 g/mol. The van der Waals surface area contributed by atoms with Crippen molar-refractivity contribution < 1.29 is 9.53 Å². The number of rotatable bonds is 0. The second kappa shape index (κ2) is 2.24. The Morgan fingerprint density at radius 2 is 2.46 bits per heavy atom. The van der Waals surface area contributed by atoms with Crippen molar-refractivity contribution in [2.75, 3.05) is 0 Å². The molecule has 1 aliphatic carbocycles. The highest BCUT2D eigenvalue weighted by atomic mass is 16.5. The van der Waals surface area contributed by atoms with Crippen molar-refractivity contribution >= 4 is 5.78 Å². The number of hydrogen-bond acceptors (Lipinski definition) is 2. The van der Waals surface area contributed by atoms with Gasteiger partial charge in [0, 0.05) is 0 Å². The number of ketones is 1. The lowest BCUT2D eigenvalue weighted by Crippen LogP contribution is -2.42. The van der Waals surface area contributed by atoms with Crippen LogP contribution in [0.2, 0.25) is 0 Å². The fourth-order valence-electron chi connectivity index (χ4n) is 3.16. The first-order valence-electron chi connectivity index (χ1n) is 5.13. The maximum atomic E-state index is 11.9. The Morgan fingerprint density at radius 1 is 1.62 bits per heavy atom. The maximum absolute atomic E-state index is 11.9. The summed E-state index contributed by atoms with van der Waals surface area (Å²) < 4.78 is 5.92. The van der Waals surface area contributed by atoms with Gasteiger partial charge in [-0.05, 0) is 50.2 Å². The van der Waals surface area contributed by atoms with Crippen molar-refractivity contribution in [2.45, 2.75) is 44.3 Å². The summed E-state index contributed by atoms with van der Waals surface area (Å²) in [5.74, 6) is 0.750. The van der Waals surface area contributed by atoms with Gasteiger partial charge < -0.3 is 4.74 Å². The van der Waals surface area contributed by atoms with E-state index < -0.39 is 0 Å². The Balaban J connectivity index is 2.09. The molecule has 0 unspecified atom stereocenters. The van der Waals surface area contributed by atoms with Crippen LogP contribution in [-0.4, -0.2) is 17.5 Å². The molecule has 0 N–H and O–H groups in total. The summed E-state index contributed by atoms with van der Waals surface area (Å²) in [5.41, 5.74) is 0.759. The molecule has 2 heterocycles. The van der Waals surface area contributed by atoms with Gasteiger partial charge in [0.2, 0.25) is 0 Å². The molecule has 13 heavy (non-hydrogen) atoms. The van der Waals surface area contributed by atoms with Gasteiger partial charge in [-0.3, -0.25) is 4.79 Å². The van der Waals surface area contributed by atoms with E-state index in [1.807, 2.05) is 13.0 Å². The van der Waals surface area contributed by atoms with Gasteiger partial charge in [0.1, 0.15) is 5.60 Å². The number of hydrogen-bond donors (Lipinski definition) is 0. The zero-order valence-corrected chi connectivity index (χ0v) is 7.88. The van der Waals surface area contributed by atoms with E-state index in [2.05, 4.69) is 0 Å². The number of carbonyl (C=O) groups excluding carboxylic acids is 1. The van der Waals surface area contributed by atoms with Gasteiger partial charge in [0.05, 0.1) is 6.10 Å². The Bertz CT molecular complexity index is 305. The van der Waals surface area contributed by atoms with E-state index in [1.165, 1.54) is 6.42 Å². The molecule has 0 aromatic heterocycles. The molecule has 0 radical (unpaired) electrons. The van der Waals surface area contributed by atoms with Crippen LogP contribution >= 0.6 is 0 Å². The van der Waals surface area contributed by atoms with Crippen molar-refractivity contribution in [3.05, 3.63) is 11.6 Å².